The van der Waals surface area contributed by atoms with Crippen LogP contribution in [0.15, 0.2) is 59.4 Å². The van der Waals surface area contributed by atoms with E-state index in [4.69, 9.17) is 4.52 Å². The molecule has 1 aromatic carbocycles. The van der Waals surface area contributed by atoms with Gasteiger partial charge in [-0.3, -0.25) is 4.98 Å². The zero-order valence-corrected chi connectivity index (χ0v) is 10.2. The minimum absolute atomic E-state index is 0.502. The molecular formula is C14H12N4O. The van der Waals surface area contributed by atoms with Gasteiger partial charge in [0.2, 0.25) is 11.7 Å². The summed E-state index contributed by atoms with van der Waals surface area (Å²) >= 11 is 0. The average molecular weight is 252 g/mol. The summed E-state index contributed by atoms with van der Waals surface area (Å²) in [5, 5.41) is 7.16. The van der Waals surface area contributed by atoms with Crippen LogP contribution in [-0.4, -0.2) is 15.1 Å². The van der Waals surface area contributed by atoms with E-state index in [-0.39, 0.29) is 0 Å². The molecule has 0 fully saturated rings. The summed E-state index contributed by atoms with van der Waals surface area (Å²) in [5.74, 6) is 1.13. The standard InChI is InChI=1S/C14H12N4O/c1-2-4-12(5-3-1)16-10-13-17-14(18-19-13)11-6-8-15-9-7-11/h1-9,16H,10H2. The second kappa shape index (κ2) is 5.30. The molecule has 0 amide bonds. The van der Waals surface area contributed by atoms with Crippen molar-refractivity contribution in [2.24, 2.45) is 0 Å². The zero-order chi connectivity index (χ0) is 12.9. The van der Waals surface area contributed by atoms with Crippen molar-refractivity contribution in [2.45, 2.75) is 6.54 Å². The monoisotopic (exact) mass is 252 g/mol. The number of rotatable bonds is 4. The van der Waals surface area contributed by atoms with Crippen molar-refractivity contribution < 1.29 is 4.52 Å². The Hall–Kier alpha value is -2.69. The third kappa shape index (κ3) is 2.77. The number of hydrogen-bond donors (Lipinski definition) is 1. The van der Waals surface area contributed by atoms with Gasteiger partial charge in [0, 0.05) is 23.6 Å². The van der Waals surface area contributed by atoms with Gasteiger partial charge in [0.05, 0.1) is 6.54 Å². The molecule has 0 unspecified atom stereocenters. The number of aromatic nitrogens is 3. The highest BCUT2D eigenvalue weighted by atomic mass is 16.5. The maximum absolute atomic E-state index is 5.20. The van der Waals surface area contributed by atoms with Gasteiger partial charge in [-0.25, -0.2) is 0 Å². The van der Waals surface area contributed by atoms with Crippen LogP contribution in [0.25, 0.3) is 11.4 Å². The molecule has 2 aromatic heterocycles. The van der Waals surface area contributed by atoms with Gasteiger partial charge >= 0.3 is 0 Å². The summed E-state index contributed by atoms with van der Waals surface area (Å²) in [4.78, 5) is 8.28. The van der Waals surface area contributed by atoms with Crippen molar-refractivity contribution in [1.82, 2.24) is 15.1 Å². The van der Waals surface area contributed by atoms with Crippen LogP contribution < -0.4 is 5.32 Å². The fraction of sp³-hybridized carbons (Fsp3) is 0.0714. The van der Waals surface area contributed by atoms with Crippen molar-refractivity contribution in [3.63, 3.8) is 0 Å². The maximum Gasteiger partial charge on any atom is 0.246 e. The molecule has 0 aliphatic carbocycles. The van der Waals surface area contributed by atoms with Gasteiger partial charge < -0.3 is 9.84 Å². The SMILES string of the molecule is c1ccc(NCc2nc(-c3ccncc3)no2)cc1. The van der Waals surface area contributed by atoms with Crippen molar-refractivity contribution in [3.8, 4) is 11.4 Å². The van der Waals surface area contributed by atoms with Crippen molar-refractivity contribution in [1.29, 1.82) is 0 Å². The first-order valence-corrected chi connectivity index (χ1v) is 5.94. The molecule has 1 N–H and O–H groups in total. The third-order valence-electron chi connectivity index (χ3n) is 2.62. The molecule has 19 heavy (non-hydrogen) atoms. The molecule has 0 radical (unpaired) electrons. The van der Waals surface area contributed by atoms with E-state index >= 15 is 0 Å². The van der Waals surface area contributed by atoms with Crippen LogP contribution in [0, 0.1) is 0 Å². The van der Waals surface area contributed by atoms with Crippen molar-refractivity contribution in [3.05, 3.63) is 60.7 Å². The highest BCUT2D eigenvalue weighted by Gasteiger charge is 2.07. The Morgan fingerprint density at radius 2 is 1.79 bits per heavy atom. The van der Waals surface area contributed by atoms with E-state index in [0.29, 0.717) is 18.3 Å². The Labute approximate surface area is 110 Å². The van der Waals surface area contributed by atoms with Crippen LogP contribution in [-0.2, 0) is 6.54 Å². The van der Waals surface area contributed by atoms with Crippen LogP contribution in [0.5, 0.6) is 0 Å². The molecule has 94 valence electrons. The van der Waals surface area contributed by atoms with Crippen LogP contribution in [0.2, 0.25) is 0 Å². The normalized spacial score (nSPS) is 10.3. The summed E-state index contributed by atoms with van der Waals surface area (Å²) < 4.78 is 5.20. The summed E-state index contributed by atoms with van der Waals surface area (Å²) in [6, 6.07) is 13.6. The molecule has 0 aliphatic heterocycles. The Morgan fingerprint density at radius 3 is 2.58 bits per heavy atom. The molecule has 5 heteroatoms. The van der Waals surface area contributed by atoms with Gasteiger partial charge in [-0.2, -0.15) is 4.98 Å². The van der Waals surface area contributed by atoms with Gasteiger partial charge in [0.25, 0.3) is 0 Å². The summed E-state index contributed by atoms with van der Waals surface area (Å²) in [5.41, 5.74) is 1.91. The lowest BCUT2D eigenvalue weighted by atomic mass is 10.2. The molecule has 0 saturated heterocycles. The van der Waals surface area contributed by atoms with Crippen LogP contribution in [0.4, 0.5) is 5.69 Å². The lowest BCUT2D eigenvalue weighted by Crippen LogP contribution is -1.99. The van der Waals surface area contributed by atoms with E-state index in [0.717, 1.165) is 11.3 Å². The van der Waals surface area contributed by atoms with Crippen molar-refractivity contribution in [2.75, 3.05) is 5.32 Å². The van der Waals surface area contributed by atoms with Gasteiger partial charge in [0.15, 0.2) is 0 Å². The molecule has 0 spiro atoms. The van der Waals surface area contributed by atoms with E-state index in [1.54, 1.807) is 12.4 Å². The van der Waals surface area contributed by atoms with Gasteiger partial charge in [-0.15, -0.1) is 0 Å². The smallest absolute Gasteiger partial charge is 0.246 e. The second-order valence-corrected chi connectivity index (χ2v) is 3.97. The van der Waals surface area contributed by atoms with Crippen LogP contribution in [0.3, 0.4) is 0 Å². The first-order chi connectivity index (χ1) is 9.42. The first-order valence-electron chi connectivity index (χ1n) is 5.94. The first kappa shape index (κ1) is 11.4. The maximum atomic E-state index is 5.20. The third-order valence-corrected chi connectivity index (χ3v) is 2.62. The molecule has 3 aromatic rings. The topological polar surface area (TPSA) is 63.8 Å². The van der Waals surface area contributed by atoms with Gasteiger partial charge in [-0.05, 0) is 24.3 Å². The van der Waals surface area contributed by atoms with Gasteiger partial charge in [-0.1, -0.05) is 23.4 Å². The lowest BCUT2D eigenvalue weighted by molar-refractivity contribution is 0.384. The predicted molar refractivity (Wildman–Crippen MR) is 71.3 cm³/mol. The van der Waals surface area contributed by atoms with E-state index in [1.165, 1.54) is 0 Å². The number of benzene rings is 1. The minimum atomic E-state index is 0.502. The number of para-hydroxylation sites is 1. The molecule has 0 aliphatic rings. The quantitative estimate of drug-likeness (QED) is 0.773. The Bertz CT molecular complexity index is 637. The fourth-order valence-corrected chi connectivity index (χ4v) is 1.68. The fourth-order valence-electron chi connectivity index (χ4n) is 1.68. The molecule has 0 saturated carbocycles. The largest absolute Gasteiger partial charge is 0.376 e. The molecule has 3 rings (SSSR count). The van der Waals surface area contributed by atoms with Gasteiger partial charge in [0.1, 0.15) is 0 Å². The molecular weight excluding hydrogens is 240 g/mol. The number of hydrogen-bond acceptors (Lipinski definition) is 5. The molecule has 2 heterocycles. The molecule has 0 bridgehead atoms. The number of nitrogens with zero attached hydrogens (tertiary/aromatic N) is 3. The number of pyridine rings is 1. The summed E-state index contributed by atoms with van der Waals surface area (Å²) in [6.07, 6.45) is 3.40. The van der Waals surface area contributed by atoms with E-state index in [1.807, 2.05) is 42.5 Å². The highest BCUT2D eigenvalue weighted by molar-refractivity contribution is 5.52. The molecule has 0 atom stereocenters. The minimum Gasteiger partial charge on any atom is -0.376 e. The Kier molecular flexibility index (Phi) is 3.18. The van der Waals surface area contributed by atoms with E-state index in [9.17, 15) is 0 Å². The second-order valence-electron chi connectivity index (χ2n) is 3.97. The summed E-state index contributed by atoms with van der Waals surface area (Å²) in [6.45, 7) is 0.502. The highest BCUT2D eigenvalue weighted by Crippen LogP contribution is 2.14. The van der Waals surface area contributed by atoms with E-state index < -0.39 is 0 Å². The molecule has 5 nitrogen and oxygen atoms in total. The zero-order valence-electron chi connectivity index (χ0n) is 10.2. The Balaban J connectivity index is 1.69. The van der Waals surface area contributed by atoms with Crippen LogP contribution >= 0.6 is 0 Å². The van der Waals surface area contributed by atoms with Crippen LogP contribution in [0.1, 0.15) is 5.89 Å². The lowest BCUT2D eigenvalue weighted by Gasteiger charge is -2.01. The summed E-state index contributed by atoms with van der Waals surface area (Å²) in [7, 11) is 0. The van der Waals surface area contributed by atoms with E-state index in [2.05, 4.69) is 20.4 Å². The average Bonchev–Trinajstić information content (AvgIpc) is 2.96. The number of nitrogens with one attached hydrogen (secondary N) is 1. The number of anilines is 1. The van der Waals surface area contributed by atoms with Crippen molar-refractivity contribution >= 4 is 5.69 Å². The Morgan fingerprint density at radius 1 is 1.00 bits per heavy atom. The predicted octanol–water partition coefficient (Wildman–Crippen LogP) is 2.74.